The molecule has 122 valence electrons. The van der Waals surface area contributed by atoms with E-state index in [2.05, 4.69) is 9.97 Å². The fraction of sp³-hybridized carbons (Fsp3) is 0.412. The summed E-state index contributed by atoms with van der Waals surface area (Å²) in [5, 5.41) is 0. The van der Waals surface area contributed by atoms with Crippen molar-refractivity contribution in [2.45, 2.75) is 31.8 Å². The summed E-state index contributed by atoms with van der Waals surface area (Å²) >= 11 is 0. The molecule has 0 aliphatic heterocycles. The van der Waals surface area contributed by atoms with Crippen LogP contribution in [0.2, 0.25) is 0 Å². The molecule has 0 unspecified atom stereocenters. The largest absolute Gasteiger partial charge is 0.496 e. The van der Waals surface area contributed by atoms with Gasteiger partial charge >= 0.3 is 6.01 Å². The van der Waals surface area contributed by atoms with Gasteiger partial charge in [-0.25, -0.2) is 4.98 Å². The summed E-state index contributed by atoms with van der Waals surface area (Å²) in [5.74, 6) is 2.29. The van der Waals surface area contributed by atoms with Gasteiger partial charge in [0.2, 0.25) is 5.88 Å². The second-order valence-corrected chi connectivity index (χ2v) is 5.35. The molecule has 1 aliphatic carbocycles. The number of ether oxygens (including phenoxy) is 4. The van der Waals surface area contributed by atoms with E-state index in [4.69, 9.17) is 18.9 Å². The Morgan fingerprint density at radius 3 is 2.26 bits per heavy atom. The molecule has 6 nitrogen and oxygen atoms in total. The van der Waals surface area contributed by atoms with Crippen molar-refractivity contribution >= 4 is 0 Å². The molecule has 3 rings (SSSR count). The maximum absolute atomic E-state index is 5.79. The maximum Gasteiger partial charge on any atom is 0.319 e. The predicted molar refractivity (Wildman–Crippen MR) is 84.5 cm³/mol. The van der Waals surface area contributed by atoms with E-state index in [1.807, 2.05) is 0 Å². The lowest BCUT2D eigenvalue weighted by atomic mass is 10.3. The van der Waals surface area contributed by atoms with Gasteiger partial charge in [-0.15, -0.1) is 0 Å². The fourth-order valence-electron chi connectivity index (χ4n) is 2.56. The average Bonchev–Trinajstić information content (AvgIpc) is 3.07. The van der Waals surface area contributed by atoms with Crippen LogP contribution in [-0.2, 0) is 0 Å². The standard InChI is InChI=1S/C17H20N2O4/c1-20-13-9-14(21-2)11-15(10-13)22-16-7-8-18-17(19-16)23-12-5-3-4-6-12/h7-12H,3-6H2,1-2H3. The number of hydrogen-bond donors (Lipinski definition) is 0. The van der Waals surface area contributed by atoms with Crippen molar-refractivity contribution in [3.05, 3.63) is 30.5 Å². The molecule has 0 amide bonds. The van der Waals surface area contributed by atoms with Crippen molar-refractivity contribution in [1.29, 1.82) is 0 Å². The van der Waals surface area contributed by atoms with E-state index in [9.17, 15) is 0 Å². The van der Waals surface area contributed by atoms with Crippen LogP contribution in [0.5, 0.6) is 29.1 Å². The van der Waals surface area contributed by atoms with E-state index in [-0.39, 0.29) is 6.10 Å². The first kappa shape index (κ1) is 15.4. The van der Waals surface area contributed by atoms with E-state index < -0.39 is 0 Å². The highest BCUT2D eigenvalue weighted by molar-refractivity contribution is 5.43. The molecule has 1 aromatic heterocycles. The van der Waals surface area contributed by atoms with Crippen LogP contribution in [0.4, 0.5) is 0 Å². The van der Waals surface area contributed by atoms with Gasteiger partial charge in [-0.1, -0.05) is 0 Å². The number of rotatable bonds is 6. The first-order valence-corrected chi connectivity index (χ1v) is 7.67. The molecular formula is C17H20N2O4. The number of nitrogens with zero attached hydrogens (tertiary/aromatic N) is 2. The van der Waals surface area contributed by atoms with Crippen molar-refractivity contribution in [1.82, 2.24) is 9.97 Å². The minimum atomic E-state index is 0.210. The molecule has 1 aliphatic rings. The van der Waals surface area contributed by atoms with Crippen molar-refractivity contribution in [3.8, 4) is 29.1 Å². The summed E-state index contributed by atoms with van der Waals surface area (Å²) in [4.78, 5) is 8.45. The Kier molecular flexibility index (Phi) is 4.80. The van der Waals surface area contributed by atoms with Gasteiger partial charge in [-0.2, -0.15) is 4.98 Å². The first-order chi connectivity index (χ1) is 11.3. The molecular weight excluding hydrogens is 296 g/mol. The summed E-state index contributed by atoms with van der Waals surface area (Å²) in [6.45, 7) is 0. The van der Waals surface area contributed by atoms with Crippen LogP contribution in [0.3, 0.4) is 0 Å². The molecule has 0 saturated heterocycles. The lowest BCUT2D eigenvalue weighted by Crippen LogP contribution is -2.12. The van der Waals surface area contributed by atoms with Crippen molar-refractivity contribution in [3.63, 3.8) is 0 Å². The van der Waals surface area contributed by atoms with E-state index in [1.165, 1.54) is 12.8 Å². The molecule has 0 atom stereocenters. The smallest absolute Gasteiger partial charge is 0.319 e. The highest BCUT2D eigenvalue weighted by Gasteiger charge is 2.18. The molecule has 1 heterocycles. The molecule has 0 N–H and O–H groups in total. The van der Waals surface area contributed by atoms with E-state index in [1.54, 1.807) is 44.7 Å². The highest BCUT2D eigenvalue weighted by atomic mass is 16.5. The molecule has 23 heavy (non-hydrogen) atoms. The van der Waals surface area contributed by atoms with Crippen LogP contribution in [-0.4, -0.2) is 30.3 Å². The zero-order chi connectivity index (χ0) is 16.1. The quantitative estimate of drug-likeness (QED) is 0.811. The number of aromatic nitrogens is 2. The second kappa shape index (κ2) is 7.17. The lowest BCUT2D eigenvalue weighted by molar-refractivity contribution is 0.190. The minimum absolute atomic E-state index is 0.210. The third-order valence-corrected chi connectivity index (χ3v) is 3.73. The van der Waals surface area contributed by atoms with Crippen molar-refractivity contribution in [2.75, 3.05) is 14.2 Å². The minimum Gasteiger partial charge on any atom is -0.496 e. The van der Waals surface area contributed by atoms with Crippen LogP contribution in [0.25, 0.3) is 0 Å². The zero-order valence-electron chi connectivity index (χ0n) is 13.3. The lowest BCUT2D eigenvalue weighted by Gasteiger charge is -2.12. The second-order valence-electron chi connectivity index (χ2n) is 5.35. The summed E-state index contributed by atoms with van der Waals surface area (Å²) in [6.07, 6.45) is 6.35. The molecule has 2 aromatic rings. The summed E-state index contributed by atoms with van der Waals surface area (Å²) in [6, 6.07) is 7.35. The van der Waals surface area contributed by atoms with E-state index >= 15 is 0 Å². The van der Waals surface area contributed by atoms with Gasteiger partial charge in [0.05, 0.1) is 14.2 Å². The molecule has 0 spiro atoms. The zero-order valence-corrected chi connectivity index (χ0v) is 13.3. The Bertz CT molecular complexity index is 635. The molecule has 0 bridgehead atoms. The van der Waals surface area contributed by atoms with Crippen LogP contribution in [0.15, 0.2) is 30.5 Å². The summed E-state index contributed by atoms with van der Waals surface area (Å²) in [5.41, 5.74) is 0. The van der Waals surface area contributed by atoms with Gasteiger partial charge < -0.3 is 18.9 Å². The van der Waals surface area contributed by atoms with Gasteiger partial charge in [0.15, 0.2) is 0 Å². The van der Waals surface area contributed by atoms with Crippen molar-refractivity contribution < 1.29 is 18.9 Å². The Morgan fingerprint density at radius 1 is 0.957 bits per heavy atom. The predicted octanol–water partition coefficient (Wildman–Crippen LogP) is 3.61. The van der Waals surface area contributed by atoms with Gasteiger partial charge in [0.1, 0.15) is 23.4 Å². The maximum atomic E-state index is 5.79. The molecule has 1 fully saturated rings. The monoisotopic (exact) mass is 316 g/mol. The number of benzene rings is 1. The Balaban J connectivity index is 1.74. The Labute approximate surface area is 135 Å². The van der Waals surface area contributed by atoms with Gasteiger partial charge in [-0.3, -0.25) is 0 Å². The van der Waals surface area contributed by atoms with E-state index in [0.29, 0.717) is 29.1 Å². The average molecular weight is 316 g/mol. The van der Waals surface area contributed by atoms with Crippen LogP contribution < -0.4 is 18.9 Å². The third-order valence-electron chi connectivity index (χ3n) is 3.73. The Morgan fingerprint density at radius 2 is 1.61 bits per heavy atom. The molecule has 6 heteroatoms. The van der Waals surface area contributed by atoms with Crippen LogP contribution in [0, 0.1) is 0 Å². The topological polar surface area (TPSA) is 62.7 Å². The van der Waals surface area contributed by atoms with E-state index in [0.717, 1.165) is 12.8 Å². The number of methoxy groups -OCH3 is 2. The third kappa shape index (κ3) is 4.03. The van der Waals surface area contributed by atoms with Crippen LogP contribution >= 0.6 is 0 Å². The number of hydrogen-bond acceptors (Lipinski definition) is 6. The SMILES string of the molecule is COc1cc(OC)cc(Oc2ccnc(OC3CCCC3)n2)c1. The van der Waals surface area contributed by atoms with Crippen LogP contribution in [0.1, 0.15) is 25.7 Å². The first-order valence-electron chi connectivity index (χ1n) is 7.67. The van der Waals surface area contributed by atoms with Gasteiger partial charge in [-0.05, 0) is 25.7 Å². The molecule has 0 radical (unpaired) electrons. The fourth-order valence-corrected chi connectivity index (χ4v) is 2.56. The summed E-state index contributed by atoms with van der Waals surface area (Å²) in [7, 11) is 3.19. The van der Waals surface area contributed by atoms with Gasteiger partial charge in [0.25, 0.3) is 0 Å². The normalized spacial score (nSPS) is 14.5. The Hall–Kier alpha value is -2.50. The van der Waals surface area contributed by atoms with Gasteiger partial charge in [0, 0.05) is 30.5 Å². The molecule has 1 aromatic carbocycles. The van der Waals surface area contributed by atoms with Crippen molar-refractivity contribution in [2.24, 2.45) is 0 Å². The molecule has 1 saturated carbocycles. The highest BCUT2D eigenvalue weighted by Crippen LogP contribution is 2.30. The summed E-state index contributed by atoms with van der Waals surface area (Å²) < 4.78 is 22.0.